The Morgan fingerprint density at radius 2 is 2.12 bits per heavy atom. The molecule has 2 aliphatic carbocycles. The van der Waals surface area contributed by atoms with Gasteiger partial charge in [0.05, 0.1) is 12.2 Å². The molecule has 0 radical (unpaired) electrons. The molecule has 3 rings (SSSR count). The molecule has 0 saturated heterocycles. The van der Waals surface area contributed by atoms with Gasteiger partial charge in [-0.3, -0.25) is 0 Å². The molecule has 0 unspecified atom stereocenters. The van der Waals surface area contributed by atoms with Gasteiger partial charge in [0.25, 0.3) is 0 Å². The van der Waals surface area contributed by atoms with Gasteiger partial charge in [0.2, 0.25) is 0 Å². The fourth-order valence-electron chi connectivity index (χ4n) is 2.39. The third-order valence-electron chi connectivity index (χ3n) is 4.06. The lowest BCUT2D eigenvalue weighted by Crippen LogP contribution is -2.20. The molecule has 0 aromatic heterocycles. The molecular weight excluding hydrogens is 212 g/mol. The van der Waals surface area contributed by atoms with Gasteiger partial charge in [0.15, 0.2) is 0 Å². The van der Waals surface area contributed by atoms with E-state index >= 15 is 0 Å². The first-order valence-electron chi connectivity index (χ1n) is 6.64. The van der Waals surface area contributed by atoms with E-state index < -0.39 is 5.60 Å². The van der Waals surface area contributed by atoms with Crippen LogP contribution < -0.4 is 4.74 Å². The second-order valence-electron chi connectivity index (χ2n) is 5.64. The molecule has 92 valence electrons. The lowest BCUT2D eigenvalue weighted by molar-refractivity contribution is 0.137. The predicted molar refractivity (Wildman–Crippen MR) is 67.1 cm³/mol. The van der Waals surface area contributed by atoms with Gasteiger partial charge in [-0.1, -0.05) is 18.1 Å². The molecule has 2 aliphatic rings. The normalized spacial score (nSPS) is 22.0. The molecule has 1 aromatic carbocycles. The Bertz CT molecular complexity index is 417. The lowest BCUT2D eigenvalue weighted by atomic mass is 9.86. The van der Waals surface area contributed by atoms with Crippen LogP contribution in [0.25, 0.3) is 0 Å². The summed E-state index contributed by atoms with van der Waals surface area (Å²) in [6, 6.07) is 6.15. The average Bonchev–Trinajstić information content (AvgIpc) is 2.97. The van der Waals surface area contributed by atoms with E-state index in [-0.39, 0.29) is 0 Å². The molecule has 2 nitrogen and oxygen atoms in total. The third kappa shape index (κ3) is 2.19. The fraction of sp³-hybridized carbons (Fsp3) is 0.600. The summed E-state index contributed by atoms with van der Waals surface area (Å²) in [4.78, 5) is 0. The molecule has 0 spiro atoms. The molecule has 0 bridgehead atoms. The first-order chi connectivity index (χ1) is 8.17. The Morgan fingerprint density at radius 3 is 2.71 bits per heavy atom. The van der Waals surface area contributed by atoms with Crippen LogP contribution in [0.2, 0.25) is 0 Å². The number of rotatable bonds is 4. The number of hydrogen-bond acceptors (Lipinski definition) is 2. The van der Waals surface area contributed by atoms with Gasteiger partial charge < -0.3 is 9.84 Å². The second-order valence-corrected chi connectivity index (χ2v) is 5.64. The van der Waals surface area contributed by atoms with Crippen LogP contribution in [0.5, 0.6) is 5.75 Å². The van der Waals surface area contributed by atoms with Crippen molar-refractivity contribution < 1.29 is 9.84 Å². The zero-order valence-corrected chi connectivity index (χ0v) is 10.4. The molecule has 0 amide bonds. The second kappa shape index (κ2) is 4.02. The maximum Gasteiger partial charge on any atom is 0.125 e. The summed E-state index contributed by atoms with van der Waals surface area (Å²) in [5, 5.41) is 10.3. The standard InChI is InChI=1S/C15H20O2/c1-11-5-6-14(17-10-12-3-2-4-12)13(9-11)15(16)7-8-15/h5-6,9,12,16H,2-4,7-8,10H2,1H3. The fourth-order valence-corrected chi connectivity index (χ4v) is 2.39. The summed E-state index contributed by atoms with van der Waals surface area (Å²) >= 11 is 0. The smallest absolute Gasteiger partial charge is 0.125 e. The Balaban J connectivity index is 1.77. The van der Waals surface area contributed by atoms with Crippen molar-refractivity contribution in [1.29, 1.82) is 0 Å². The van der Waals surface area contributed by atoms with Crippen LogP contribution in [0, 0.1) is 12.8 Å². The molecule has 0 aliphatic heterocycles. The van der Waals surface area contributed by atoms with Crippen molar-refractivity contribution in [3.05, 3.63) is 29.3 Å². The first kappa shape index (κ1) is 11.1. The topological polar surface area (TPSA) is 29.5 Å². The largest absolute Gasteiger partial charge is 0.493 e. The predicted octanol–water partition coefficient (Wildman–Crippen LogP) is 3.16. The highest BCUT2D eigenvalue weighted by Gasteiger charge is 2.44. The number of benzene rings is 1. The van der Waals surface area contributed by atoms with Gasteiger partial charge in [-0.15, -0.1) is 0 Å². The van der Waals surface area contributed by atoms with E-state index in [4.69, 9.17) is 4.74 Å². The number of aryl methyl sites for hydroxylation is 1. The van der Waals surface area contributed by atoms with Crippen LogP contribution in [-0.4, -0.2) is 11.7 Å². The third-order valence-corrected chi connectivity index (χ3v) is 4.06. The minimum absolute atomic E-state index is 0.596. The van der Waals surface area contributed by atoms with Gasteiger partial charge in [-0.05, 0) is 50.7 Å². The molecule has 2 heteroatoms. The maximum atomic E-state index is 10.3. The average molecular weight is 232 g/mol. The summed E-state index contributed by atoms with van der Waals surface area (Å²) in [5.74, 6) is 1.63. The number of hydrogen-bond donors (Lipinski definition) is 1. The van der Waals surface area contributed by atoms with E-state index in [1.807, 2.05) is 6.07 Å². The minimum Gasteiger partial charge on any atom is -0.493 e. The van der Waals surface area contributed by atoms with E-state index in [0.717, 1.165) is 36.7 Å². The zero-order valence-electron chi connectivity index (χ0n) is 10.4. The van der Waals surface area contributed by atoms with Crippen molar-refractivity contribution in [3.8, 4) is 5.75 Å². The first-order valence-corrected chi connectivity index (χ1v) is 6.64. The minimum atomic E-state index is -0.596. The highest BCUT2D eigenvalue weighted by molar-refractivity contribution is 5.43. The molecule has 1 N–H and O–H groups in total. The van der Waals surface area contributed by atoms with Gasteiger partial charge in [0.1, 0.15) is 5.75 Å². The summed E-state index contributed by atoms with van der Waals surface area (Å²) in [5.41, 5.74) is 1.59. The van der Waals surface area contributed by atoms with Crippen LogP contribution in [0.4, 0.5) is 0 Å². The van der Waals surface area contributed by atoms with Crippen molar-refractivity contribution in [2.45, 2.75) is 44.6 Å². The van der Waals surface area contributed by atoms with Crippen LogP contribution in [0.1, 0.15) is 43.2 Å². The highest BCUT2D eigenvalue weighted by Crippen LogP contribution is 2.49. The van der Waals surface area contributed by atoms with E-state index in [9.17, 15) is 5.11 Å². The summed E-state index contributed by atoms with van der Waals surface area (Å²) in [7, 11) is 0. The summed E-state index contributed by atoms with van der Waals surface area (Å²) in [6.07, 6.45) is 5.68. The Morgan fingerprint density at radius 1 is 1.35 bits per heavy atom. The molecule has 0 atom stereocenters. The van der Waals surface area contributed by atoms with Crippen molar-refractivity contribution >= 4 is 0 Å². The quantitative estimate of drug-likeness (QED) is 0.864. The summed E-state index contributed by atoms with van der Waals surface area (Å²) in [6.45, 7) is 2.87. The van der Waals surface area contributed by atoms with Crippen molar-refractivity contribution in [2.75, 3.05) is 6.61 Å². The van der Waals surface area contributed by atoms with E-state index in [1.165, 1.54) is 24.8 Å². The Hall–Kier alpha value is -1.02. The molecule has 0 heterocycles. The van der Waals surface area contributed by atoms with E-state index in [2.05, 4.69) is 19.1 Å². The van der Waals surface area contributed by atoms with Crippen molar-refractivity contribution in [1.82, 2.24) is 0 Å². The number of ether oxygens (including phenoxy) is 1. The van der Waals surface area contributed by atoms with Crippen molar-refractivity contribution in [2.24, 2.45) is 5.92 Å². The Labute approximate surface area is 103 Å². The number of aliphatic hydroxyl groups is 1. The van der Waals surface area contributed by atoms with Gasteiger partial charge in [-0.2, -0.15) is 0 Å². The van der Waals surface area contributed by atoms with Crippen LogP contribution >= 0.6 is 0 Å². The van der Waals surface area contributed by atoms with E-state index in [1.54, 1.807) is 0 Å². The van der Waals surface area contributed by atoms with Crippen molar-refractivity contribution in [3.63, 3.8) is 0 Å². The molecular formula is C15H20O2. The van der Waals surface area contributed by atoms with E-state index in [0.29, 0.717) is 0 Å². The monoisotopic (exact) mass is 232 g/mol. The highest BCUT2D eigenvalue weighted by atomic mass is 16.5. The zero-order chi connectivity index (χ0) is 11.9. The SMILES string of the molecule is Cc1ccc(OCC2CCC2)c(C2(O)CC2)c1. The lowest BCUT2D eigenvalue weighted by Gasteiger charge is -2.26. The van der Waals surface area contributed by atoms with Gasteiger partial charge in [-0.25, -0.2) is 0 Å². The Kier molecular flexibility index (Phi) is 2.62. The summed E-state index contributed by atoms with van der Waals surface area (Å²) < 4.78 is 5.90. The van der Waals surface area contributed by atoms with Crippen LogP contribution in [0.3, 0.4) is 0 Å². The molecule has 2 fully saturated rings. The van der Waals surface area contributed by atoms with Crippen LogP contribution in [-0.2, 0) is 5.60 Å². The van der Waals surface area contributed by atoms with Gasteiger partial charge >= 0.3 is 0 Å². The van der Waals surface area contributed by atoms with Gasteiger partial charge in [0, 0.05) is 5.56 Å². The van der Waals surface area contributed by atoms with Crippen LogP contribution in [0.15, 0.2) is 18.2 Å². The maximum absolute atomic E-state index is 10.3. The molecule has 17 heavy (non-hydrogen) atoms. The molecule has 2 saturated carbocycles. The molecule has 1 aromatic rings.